The highest BCUT2D eigenvalue weighted by Gasteiger charge is 2.10. The zero-order valence-electron chi connectivity index (χ0n) is 8.78. The molecule has 3 heteroatoms. The van der Waals surface area contributed by atoms with E-state index in [1.54, 1.807) is 0 Å². The van der Waals surface area contributed by atoms with Gasteiger partial charge in [-0.05, 0) is 31.5 Å². The molecule has 0 aliphatic carbocycles. The Balaban J connectivity index is 2.74. The molecule has 74 valence electrons. The van der Waals surface area contributed by atoms with Gasteiger partial charge in [0.25, 0.3) is 0 Å². The quantitative estimate of drug-likeness (QED) is 0.744. The zero-order valence-corrected chi connectivity index (χ0v) is 8.78. The van der Waals surface area contributed by atoms with Crippen LogP contribution in [0.4, 0.5) is 0 Å². The van der Waals surface area contributed by atoms with Crippen molar-refractivity contribution in [1.82, 2.24) is 9.55 Å². The number of nitrogens with two attached hydrogens (primary N) is 1. The summed E-state index contributed by atoms with van der Waals surface area (Å²) < 4.78 is 2.06. The molecule has 2 aromatic rings. The number of aryl methyl sites for hydroxylation is 2. The maximum atomic E-state index is 5.83. The zero-order chi connectivity index (χ0) is 10.3. The van der Waals surface area contributed by atoms with E-state index in [2.05, 4.69) is 28.6 Å². The molecular formula is C11H15N3. The van der Waals surface area contributed by atoms with Crippen molar-refractivity contribution >= 4 is 11.0 Å². The number of nitrogens with zero attached hydrogens (tertiary/aromatic N) is 2. The Bertz CT molecular complexity index is 469. The number of benzene rings is 1. The number of fused-ring (bicyclic) bond motifs is 1. The second kappa shape index (κ2) is 3.10. The predicted molar refractivity (Wildman–Crippen MR) is 58.1 cm³/mol. The van der Waals surface area contributed by atoms with Crippen LogP contribution in [0.25, 0.3) is 11.0 Å². The van der Waals surface area contributed by atoms with Gasteiger partial charge in [-0.25, -0.2) is 4.98 Å². The summed E-state index contributed by atoms with van der Waals surface area (Å²) in [5, 5.41) is 0. The largest absolute Gasteiger partial charge is 0.330 e. The topological polar surface area (TPSA) is 43.8 Å². The van der Waals surface area contributed by atoms with E-state index in [9.17, 15) is 0 Å². The molecule has 0 spiro atoms. The first kappa shape index (κ1) is 9.21. The second-order valence-corrected chi connectivity index (χ2v) is 3.81. The number of hydrogen-bond acceptors (Lipinski definition) is 2. The molecule has 1 aromatic carbocycles. The van der Waals surface area contributed by atoms with E-state index >= 15 is 0 Å². The van der Waals surface area contributed by atoms with Crippen LogP contribution in [0, 0.1) is 6.92 Å². The molecule has 2 N–H and O–H groups in total. The first-order valence-corrected chi connectivity index (χ1v) is 4.78. The molecule has 0 amide bonds. The van der Waals surface area contributed by atoms with Crippen LogP contribution in [0.15, 0.2) is 18.2 Å². The van der Waals surface area contributed by atoms with Crippen molar-refractivity contribution < 1.29 is 0 Å². The van der Waals surface area contributed by atoms with E-state index in [1.807, 2.05) is 20.0 Å². The van der Waals surface area contributed by atoms with E-state index < -0.39 is 0 Å². The molecular weight excluding hydrogens is 174 g/mol. The number of hydrogen-bond donors (Lipinski definition) is 1. The van der Waals surface area contributed by atoms with Crippen molar-refractivity contribution in [1.29, 1.82) is 0 Å². The average Bonchev–Trinajstić information content (AvgIpc) is 2.44. The molecule has 0 saturated carbocycles. The Hall–Kier alpha value is -1.35. The van der Waals surface area contributed by atoms with Crippen molar-refractivity contribution in [3.05, 3.63) is 29.6 Å². The number of imidazole rings is 1. The SMILES string of the molecule is Cc1ccc2nc([C@H](C)N)n(C)c2c1. The Morgan fingerprint density at radius 2 is 2.14 bits per heavy atom. The molecule has 0 unspecified atom stereocenters. The minimum absolute atomic E-state index is 0.0206. The van der Waals surface area contributed by atoms with Crippen molar-refractivity contribution in [2.45, 2.75) is 19.9 Å². The maximum absolute atomic E-state index is 5.83. The monoisotopic (exact) mass is 189 g/mol. The fourth-order valence-corrected chi connectivity index (χ4v) is 1.73. The van der Waals surface area contributed by atoms with Gasteiger partial charge in [-0.15, -0.1) is 0 Å². The summed E-state index contributed by atoms with van der Waals surface area (Å²) >= 11 is 0. The van der Waals surface area contributed by atoms with Crippen LogP contribution >= 0.6 is 0 Å². The standard InChI is InChI=1S/C11H15N3/c1-7-4-5-9-10(6-7)14(3)11(13-9)8(2)12/h4-6,8H,12H2,1-3H3/t8-/m0/s1. The second-order valence-electron chi connectivity index (χ2n) is 3.81. The first-order valence-electron chi connectivity index (χ1n) is 4.78. The molecule has 14 heavy (non-hydrogen) atoms. The molecule has 3 nitrogen and oxygen atoms in total. The average molecular weight is 189 g/mol. The summed E-state index contributed by atoms with van der Waals surface area (Å²) in [6.45, 7) is 4.03. The molecule has 0 fully saturated rings. The third kappa shape index (κ3) is 1.30. The van der Waals surface area contributed by atoms with Gasteiger partial charge < -0.3 is 10.3 Å². The fraction of sp³-hybridized carbons (Fsp3) is 0.364. The summed E-state index contributed by atoms with van der Waals surface area (Å²) in [5.41, 5.74) is 9.25. The Morgan fingerprint density at radius 3 is 2.79 bits per heavy atom. The maximum Gasteiger partial charge on any atom is 0.126 e. The van der Waals surface area contributed by atoms with E-state index in [0.717, 1.165) is 16.9 Å². The van der Waals surface area contributed by atoms with Gasteiger partial charge in [-0.1, -0.05) is 6.07 Å². The molecule has 0 saturated heterocycles. The highest BCUT2D eigenvalue weighted by atomic mass is 15.1. The molecule has 1 atom stereocenters. The molecule has 0 aliphatic heterocycles. The lowest BCUT2D eigenvalue weighted by Crippen LogP contribution is -2.11. The van der Waals surface area contributed by atoms with Crippen molar-refractivity contribution in [2.24, 2.45) is 12.8 Å². The van der Waals surface area contributed by atoms with E-state index in [0.29, 0.717) is 0 Å². The van der Waals surface area contributed by atoms with E-state index in [1.165, 1.54) is 5.56 Å². The molecule has 0 bridgehead atoms. The lowest BCUT2D eigenvalue weighted by molar-refractivity contribution is 0.696. The minimum Gasteiger partial charge on any atom is -0.330 e. The van der Waals surface area contributed by atoms with Crippen LogP contribution in [0.3, 0.4) is 0 Å². The Kier molecular flexibility index (Phi) is 2.04. The van der Waals surface area contributed by atoms with Crippen LogP contribution in [-0.2, 0) is 7.05 Å². The normalized spacial score (nSPS) is 13.4. The van der Waals surface area contributed by atoms with Crippen molar-refractivity contribution in [2.75, 3.05) is 0 Å². The van der Waals surface area contributed by atoms with Gasteiger partial charge in [0.2, 0.25) is 0 Å². The fourth-order valence-electron chi connectivity index (χ4n) is 1.73. The van der Waals surface area contributed by atoms with Gasteiger partial charge >= 0.3 is 0 Å². The van der Waals surface area contributed by atoms with Gasteiger partial charge in [-0.2, -0.15) is 0 Å². The Labute approximate surface area is 83.6 Å². The third-order valence-electron chi connectivity index (χ3n) is 2.48. The lowest BCUT2D eigenvalue weighted by atomic mass is 10.2. The third-order valence-corrected chi connectivity index (χ3v) is 2.48. The smallest absolute Gasteiger partial charge is 0.126 e. The van der Waals surface area contributed by atoms with Crippen LogP contribution in [0.1, 0.15) is 24.4 Å². The molecule has 2 rings (SSSR count). The van der Waals surface area contributed by atoms with Gasteiger partial charge in [0.05, 0.1) is 17.1 Å². The van der Waals surface area contributed by atoms with Gasteiger partial charge in [0.1, 0.15) is 5.82 Å². The molecule has 0 aliphatic rings. The first-order chi connectivity index (χ1) is 6.59. The van der Waals surface area contributed by atoms with E-state index in [-0.39, 0.29) is 6.04 Å². The highest BCUT2D eigenvalue weighted by Crippen LogP contribution is 2.19. The predicted octanol–water partition coefficient (Wildman–Crippen LogP) is 1.90. The summed E-state index contributed by atoms with van der Waals surface area (Å²) in [6.07, 6.45) is 0. The summed E-state index contributed by atoms with van der Waals surface area (Å²) in [6, 6.07) is 6.22. The molecule has 0 radical (unpaired) electrons. The lowest BCUT2D eigenvalue weighted by Gasteiger charge is -2.04. The highest BCUT2D eigenvalue weighted by molar-refractivity contribution is 5.76. The van der Waals surface area contributed by atoms with Crippen molar-refractivity contribution in [3.63, 3.8) is 0 Å². The molecule has 1 aromatic heterocycles. The Morgan fingerprint density at radius 1 is 1.43 bits per heavy atom. The molecule has 1 heterocycles. The number of aromatic nitrogens is 2. The van der Waals surface area contributed by atoms with Crippen LogP contribution in [0.5, 0.6) is 0 Å². The van der Waals surface area contributed by atoms with Crippen LogP contribution < -0.4 is 5.73 Å². The van der Waals surface area contributed by atoms with Crippen molar-refractivity contribution in [3.8, 4) is 0 Å². The van der Waals surface area contributed by atoms with Crippen LogP contribution in [-0.4, -0.2) is 9.55 Å². The van der Waals surface area contributed by atoms with Gasteiger partial charge in [0, 0.05) is 7.05 Å². The number of rotatable bonds is 1. The minimum atomic E-state index is -0.0206. The van der Waals surface area contributed by atoms with Crippen LogP contribution in [0.2, 0.25) is 0 Å². The summed E-state index contributed by atoms with van der Waals surface area (Å²) in [5.74, 6) is 0.936. The van der Waals surface area contributed by atoms with E-state index in [4.69, 9.17) is 5.73 Å². The summed E-state index contributed by atoms with van der Waals surface area (Å²) in [7, 11) is 2.01. The van der Waals surface area contributed by atoms with Gasteiger partial charge in [-0.3, -0.25) is 0 Å². The summed E-state index contributed by atoms with van der Waals surface area (Å²) in [4.78, 5) is 4.49. The van der Waals surface area contributed by atoms with Gasteiger partial charge in [0.15, 0.2) is 0 Å².